The molecule has 2 aliphatic rings. The Bertz CT molecular complexity index is 540. The van der Waals surface area contributed by atoms with Crippen LogP contribution in [0, 0.1) is 25.2 Å². The third-order valence-electron chi connectivity index (χ3n) is 4.76. The van der Waals surface area contributed by atoms with Crippen molar-refractivity contribution in [3.63, 3.8) is 0 Å². The van der Waals surface area contributed by atoms with Crippen LogP contribution in [-0.4, -0.2) is 48.8 Å². The average molecular weight is 289 g/mol. The van der Waals surface area contributed by atoms with Crippen LogP contribution in [0.2, 0.25) is 0 Å². The first-order valence-corrected chi connectivity index (χ1v) is 7.48. The van der Waals surface area contributed by atoms with Gasteiger partial charge in [-0.05, 0) is 43.0 Å². The van der Waals surface area contributed by atoms with E-state index < -0.39 is 0 Å². The molecule has 0 aliphatic carbocycles. The minimum absolute atomic E-state index is 0.0674. The zero-order valence-corrected chi connectivity index (χ0v) is 12.6. The third-order valence-corrected chi connectivity index (χ3v) is 4.76. The number of anilines is 1. The Hall–Kier alpha value is -1.59. The smallest absolute Gasteiger partial charge is 0.321 e. The summed E-state index contributed by atoms with van der Waals surface area (Å²) in [6.45, 7) is 7.19. The van der Waals surface area contributed by atoms with E-state index in [-0.39, 0.29) is 18.1 Å². The summed E-state index contributed by atoms with van der Waals surface area (Å²) in [6.07, 6.45) is 0. The molecule has 0 aromatic heterocycles. The number of carbonyl (C=O) groups excluding carboxylic acids is 1. The minimum Gasteiger partial charge on any atom is -0.396 e. The zero-order chi connectivity index (χ0) is 15.0. The molecule has 2 fully saturated rings. The lowest BCUT2D eigenvalue weighted by molar-refractivity contribution is 0.127. The first-order chi connectivity index (χ1) is 10.0. The highest BCUT2D eigenvalue weighted by Gasteiger charge is 2.50. The van der Waals surface area contributed by atoms with Gasteiger partial charge in [0.05, 0.1) is 6.61 Å². The number of urea groups is 1. The molecule has 1 aromatic rings. The maximum atomic E-state index is 12.4. The summed E-state index contributed by atoms with van der Waals surface area (Å²) < 4.78 is 0. The van der Waals surface area contributed by atoms with Gasteiger partial charge in [-0.25, -0.2) is 4.79 Å². The van der Waals surface area contributed by atoms with Crippen LogP contribution in [0.15, 0.2) is 18.2 Å². The Balaban J connectivity index is 1.69. The van der Waals surface area contributed by atoms with Crippen molar-refractivity contribution in [2.45, 2.75) is 13.8 Å². The number of carbonyl (C=O) groups is 1. The lowest BCUT2D eigenvalue weighted by Crippen LogP contribution is -2.39. The first-order valence-electron chi connectivity index (χ1n) is 7.48. The Morgan fingerprint density at radius 2 is 2.14 bits per heavy atom. The number of nitrogens with one attached hydrogen (secondary N) is 2. The highest BCUT2D eigenvalue weighted by atomic mass is 16.3. The molecule has 5 nitrogen and oxygen atoms in total. The van der Waals surface area contributed by atoms with Crippen LogP contribution in [0.4, 0.5) is 10.5 Å². The van der Waals surface area contributed by atoms with Gasteiger partial charge in [0.15, 0.2) is 0 Å². The van der Waals surface area contributed by atoms with Crippen LogP contribution in [0.5, 0.6) is 0 Å². The number of aliphatic hydroxyl groups is 1. The highest BCUT2D eigenvalue weighted by molar-refractivity contribution is 5.89. The molecule has 0 saturated carbocycles. The fourth-order valence-electron chi connectivity index (χ4n) is 3.65. The molecule has 2 saturated heterocycles. The van der Waals surface area contributed by atoms with Crippen molar-refractivity contribution in [2.24, 2.45) is 11.3 Å². The predicted molar refractivity (Wildman–Crippen MR) is 82.4 cm³/mol. The van der Waals surface area contributed by atoms with Gasteiger partial charge in [-0.3, -0.25) is 0 Å². The minimum atomic E-state index is -0.153. The molecule has 5 heteroatoms. The Morgan fingerprint density at radius 1 is 1.43 bits per heavy atom. The summed E-state index contributed by atoms with van der Waals surface area (Å²) in [5, 5.41) is 16.0. The lowest BCUT2D eigenvalue weighted by atomic mass is 9.82. The summed E-state index contributed by atoms with van der Waals surface area (Å²) in [6, 6.07) is 5.97. The number of benzene rings is 1. The summed E-state index contributed by atoms with van der Waals surface area (Å²) in [7, 11) is 0. The maximum absolute atomic E-state index is 12.4. The number of likely N-dealkylation sites (tertiary alicyclic amines) is 1. The zero-order valence-electron chi connectivity index (χ0n) is 12.6. The van der Waals surface area contributed by atoms with Crippen LogP contribution in [0.3, 0.4) is 0 Å². The number of nitrogens with zero attached hydrogens (tertiary/aromatic N) is 1. The van der Waals surface area contributed by atoms with E-state index in [9.17, 15) is 9.90 Å². The molecule has 2 aliphatic heterocycles. The molecule has 3 rings (SSSR count). The topological polar surface area (TPSA) is 64.6 Å². The van der Waals surface area contributed by atoms with Gasteiger partial charge in [-0.2, -0.15) is 0 Å². The van der Waals surface area contributed by atoms with Crippen molar-refractivity contribution >= 4 is 11.7 Å². The number of hydrogen-bond acceptors (Lipinski definition) is 3. The number of amides is 2. The molecule has 21 heavy (non-hydrogen) atoms. The molecule has 0 spiro atoms. The molecular weight excluding hydrogens is 266 g/mol. The molecule has 2 heterocycles. The third kappa shape index (κ3) is 2.63. The van der Waals surface area contributed by atoms with Gasteiger partial charge in [0, 0.05) is 37.3 Å². The fourth-order valence-corrected chi connectivity index (χ4v) is 3.65. The molecule has 0 bridgehead atoms. The molecule has 2 amide bonds. The summed E-state index contributed by atoms with van der Waals surface area (Å²) in [5.74, 6) is 0.354. The SMILES string of the molecule is Cc1cc(C)cc(NC(=O)N2CC3CNCC3(CO)C2)c1. The second-order valence-electron chi connectivity index (χ2n) is 6.54. The fraction of sp³-hybridized carbons (Fsp3) is 0.562. The molecule has 2 unspecified atom stereocenters. The highest BCUT2D eigenvalue weighted by Crippen LogP contribution is 2.38. The van der Waals surface area contributed by atoms with Gasteiger partial charge >= 0.3 is 6.03 Å². The summed E-state index contributed by atoms with van der Waals surface area (Å²) in [4.78, 5) is 14.3. The van der Waals surface area contributed by atoms with Crippen LogP contribution in [0.1, 0.15) is 11.1 Å². The van der Waals surface area contributed by atoms with E-state index in [0.29, 0.717) is 19.0 Å². The van der Waals surface area contributed by atoms with Crippen LogP contribution < -0.4 is 10.6 Å². The van der Waals surface area contributed by atoms with Crippen LogP contribution in [0.25, 0.3) is 0 Å². The van der Waals surface area contributed by atoms with Crippen molar-refractivity contribution in [3.05, 3.63) is 29.3 Å². The lowest BCUT2D eigenvalue weighted by Gasteiger charge is -2.25. The van der Waals surface area contributed by atoms with E-state index in [2.05, 4.69) is 16.7 Å². The monoisotopic (exact) mass is 289 g/mol. The second kappa shape index (κ2) is 5.31. The molecule has 114 valence electrons. The number of rotatable bonds is 2. The van der Waals surface area contributed by atoms with Gasteiger partial charge in [0.2, 0.25) is 0 Å². The standard InChI is InChI=1S/C16H23N3O2/c1-11-3-12(2)5-14(4-11)18-15(21)19-7-13-6-17-8-16(13,9-19)10-20/h3-5,13,17,20H,6-10H2,1-2H3,(H,18,21). The van der Waals surface area contributed by atoms with Crippen LogP contribution in [-0.2, 0) is 0 Å². The predicted octanol–water partition coefficient (Wildman–Crippen LogP) is 1.35. The van der Waals surface area contributed by atoms with E-state index in [1.165, 1.54) is 0 Å². The van der Waals surface area contributed by atoms with E-state index in [0.717, 1.165) is 29.9 Å². The largest absolute Gasteiger partial charge is 0.396 e. The molecular formula is C16H23N3O2. The van der Waals surface area contributed by atoms with Crippen molar-refractivity contribution < 1.29 is 9.90 Å². The molecule has 2 atom stereocenters. The number of aliphatic hydroxyl groups excluding tert-OH is 1. The number of aryl methyl sites for hydroxylation is 2. The van der Waals surface area contributed by atoms with E-state index >= 15 is 0 Å². The van der Waals surface area contributed by atoms with Crippen molar-refractivity contribution in [1.82, 2.24) is 10.2 Å². The number of fused-ring (bicyclic) bond motifs is 1. The van der Waals surface area contributed by atoms with Gasteiger partial charge in [0.1, 0.15) is 0 Å². The van der Waals surface area contributed by atoms with E-state index in [1.54, 1.807) is 0 Å². The maximum Gasteiger partial charge on any atom is 0.321 e. The van der Waals surface area contributed by atoms with Crippen molar-refractivity contribution in [2.75, 3.05) is 38.1 Å². The van der Waals surface area contributed by atoms with Gasteiger partial charge < -0.3 is 20.6 Å². The molecule has 1 aromatic carbocycles. The van der Waals surface area contributed by atoms with Gasteiger partial charge in [0.25, 0.3) is 0 Å². The Morgan fingerprint density at radius 3 is 2.76 bits per heavy atom. The van der Waals surface area contributed by atoms with Crippen LogP contribution >= 0.6 is 0 Å². The van der Waals surface area contributed by atoms with Gasteiger partial charge in [-0.1, -0.05) is 6.07 Å². The van der Waals surface area contributed by atoms with Gasteiger partial charge in [-0.15, -0.1) is 0 Å². The molecule has 3 N–H and O–H groups in total. The molecule has 0 radical (unpaired) electrons. The van der Waals surface area contributed by atoms with Crippen molar-refractivity contribution in [3.8, 4) is 0 Å². The average Bonchev–Trinajstić information content (AvgIpc) is 2.93. The summed E-state index contributed by atoms with van der Waals surface area (Å²) >= 11 is 0. The normalized spacial score (nSPS) is 27.8. The quantitative estimate of drug-likeness (QED) is 0.770. The van der Waals surface area contributed by atoms with E-state index in [4.69, 9.17) is 0 Å². The Kier molecular flexibility index (Phi) is 3.63. The first kappa shape index (κ1) is 14.4. The summed E-state index contributed by atoms with van der Waals surface area (Å²) in [5.41, 5.74) is 2.96. The number of hydrogen-bond donors (Lipinski definition) is 3. The second-order valence-corrected chi connectivity index (χ2v) is 6.54. The van der Waals surface area contributed by atoms with E-state index in [1.807, 2.05) is 30.9 Å². The van der Waals surface area contributed by atoms with Crippen molar-refractivity contribution in [1.29, 1.82) is 0 Å². The Labute approximate surface area is 125 Å².